The molecule has 2 nitrogen and oxygen atoms in total. The summed E-state index contributed by atoms with van der Waals surface area (Å²) in [6.07, 6.45) is -3.59. The zero-order chi connectivity index (χ0) is 14.8. The van der Waals surface area contributed by atoms with E-state index >= 15 is 0 Å². The van der Waals surface area contributed by atoms with Crippen LogP contribution in [0.2, 0.25) is 0 Å². The van der Waals surface area contributed by atoms with Gasteiger partial charge in [-0.3, -0.25) is 0 Å². The van der Waals surface area contributed by atoms with E-state index in [2.05, 4.69) is 10.3 Å². The molecule has 1 N–H and O–H groups in total. The number of nitrogens with zero attached hydrogens (tertiary/aromatic N) is 1. The molecular weight excluding hydrogens is 273 g/mol. The molecule has 0 amide bonds. The number of aromatic nitrogens is 1. The van der Waals surface area contributed by atoms with Crippen molar-refractivity contribution in [3.05, 3.63) is 15.6 Å². The zero-order valence-electron chi connectivity index (χ0n) is 12.0. The van der Waals surface area contributed by atoms with Crippen LogP contribution in [0.4, 0.5) is 13.2 Å². The van der Waals surface area contributed by atoms with Crippen LogP contribution >= 0.6 is 11.3 Å². The number of thiazole rings is 1. The van der Waals surface area contributed by atoms with E-state index in [1.807, 2.05) is 34.6 Å². The monoisotopic (exact) mass is 294 g/mol. The van der Waals surface area contributed by atoms with Crippen LogP contribution in [0.1, 0.15) is 62.5 Å². The Balaban J connectivity index is 3.03. The fraction of sp³-hybridized carbons (Fsp3) is 0.769. The highest BCUT2D eigenvalue weighted by atomic mass is 32.1. The number of alkyl halides is 3. The summed E-state index contributed by atoms with van der Waals surface area (Å²) in [7, 11) is 0. The Kier molecular flexibility index (Phi) is 5.01. The van der Waals surface area contributed by atoms with Crippen molar-refractivity contribution in [3.8, 4) is 0 Å². The molecule has 1 unspecified atom stereocenters. The second-order valence-electron chi connectivity index (χ2n) is 5.73. The van der Waals surface area contributed by atoms with Gasteiger partial charge < -0.3 is 5.32 Å². The second-order valence-corrected chi connectivity index (χ2v) is 6.85. The van der Waals surface area contributed by atoms with E-state index in [1.54, 1.807) is 0 Å². The van der Waals surface area contributed by atoms with Crippen molar-refractivity contribution >= 4 is 11.3 Å². The zero-order valence-corrected chi connectivity index (χ0v) is 12.8. The molecule has 1 rings (SSSR count). The van der Waals surface area contributed by atoms with Gasteiger partial charge in [-0.1, -0.05) is 13.8 Å². The molecule has 0 aliphatic heterocycles. The maximum absolute atomic E-state index is 13.0. The lowest BCUT2D eigenvalue weighted by molar-refractivity contribution is -0.141. The van der Waals surface area contributed by atoms with E-state index in [-0.39, 0.29) is 22.9 Å². The van der Waals surface area contributed by atoms with Crippen LogP contribution in [0.5, 0.6) is 0 Å². The molecule has 1 heterocycles. The number of hydrogen-bond acceptors (Lipinski definition) is 3. The molecule has 6 heteroatoms. The van der Waals surface area contributed by atoms with Crippen LogP contribution in [0.15, 0.2) is 0 Å². The molecule has 0 aliphatic rings. The van der Waals surface area contributed by atoms with Crippen molar-refractivity contribution < 1.29 is 13.2 Å². The molecule has 0 saturated heterocycles. The quantitative estimate of drug-likeness (QED) is 0.880. The molecule has 19 heavy (non-hydrogen) atoms. The predicted molar refractivity (Wildman–Crippen MR) is 72.4 cm³/mol. The van der Waals surface area contributed by atoms with E-state index < -0.39 is 11.9 Å². The van der Waals surface area contributed by atoms with Gasteiger partial charge in [0.05, 0.1) is 9.88 Å². The van der Waals surface area contributed by atoms with E-state index in [4.69, 9.17) is 0 Å². The topological polar surface area (TPSA) is 24.9 Å². The highest BCUT2D eigenvalue weighted by molar-refractivity contribution is 7.11. The Morgan fingerprint density at radius 2 is 1.84 bits per heavy atom. The summed E-state index contributed by atoms with van der Waals surface area (Å²) in [6, 6.07) is 0. The van der Waals surface area contributed by atoms with E-state index in [0.717, 1.165) is 6.42 Å². The first-order chi connectivity index (χ1) is 8.54. The number of nitrogens with one attached hydrogen (secondary N) is 1. The minimum absolute atomic E-state index is 0.0643. The number of hydrogen-bond donors (Lipinski definition) is 1. The Bertz CT molecular complexity index is 419. The van der Waals surface area contributed by atoms with Gasteiger partial charge in [-0.2, -0.15) is 13.2 Å². The molecule has 1 atom stereocenters. The van der Waals surface area contributed by atoms with Gasteiger partial charge >= 0.3 is 6.18 Å². The lowest BCUT2D eigenvalue weighted by atomic mass is 10.1. The molecular formula is C13H21F3N2S. The van der Waals surface area contributed by atoms with Crippen LogP contribution in [0.25, 0.3) is 0 Å². The molecule has 0 bridgehead atoms. The van der Waals surface area contributed by atoms with Crippen molar-refractivity contribution in [3.63, 3.8) is 0 Å². The minimum Gasteiger partial charge on any atom is -0.307 e. The number of rotatable bonds is 4. The first-order valence-corrected chi connectivity index (χ1v) is 7.18. The molecule has 0 radical (unpaired) electrons. The lowest BCUT2D eigenvalue weighted by Crippen LogP contribution is -2.35. The first kappa shape index (κ1) is 16.4. The Morgan fingerprint density at radius 3 is 2.26 bits per heavy atom. The normalized spacial score (nSPS) is 14.7. The van der Waals surface area contributed by atoms with Gasteiger partial charge in [0.1, 0.15) is 0 Å². The van der Waals surface area contributed by atoms with Crippen LogP contribution in [-0.2, 0) is 12.7 Å². The lowest BCUT2D eigenvalue weighted by Gasteiger charge is -2.20. The maximum atomic E-state index is 13.0. The third-order valence-electron chi connectivity index (χ3n) is 2.80. The number of halogens is 3. The van der Waals surface area contributed by atoms with Crippen LogP contribution < -0.4 is 5.32 Å². The summed E-state index contributed by atoms with van der Waals surface area (Å²) >= 11 is 1.17. The standard InChI is InChI=1S/C13H21F3N2S/c1-6-8(2)11-18-10(13(14,15)16)9(19-11)7-17-12(3,4)5/h8,17H,6-7H2,1-5H3. The van der Waals surface area contributed by atoms with Crippen LogP contribution in [-0.4, -0.2) is 10.5 Å². The van der Waals surface area contributed by atoms with Gasteiger partial charge in [0.2, 0.25) is 0 Å². The SMILES string of the molecule is CCC(C)c1nc(C(F)(F)F)c(CNC(C)(C)C)s1. The molecule has 0 aromatic carbocycles. The minimum atomic E-state index is -4.38. The van der Waals surface area contributed by atoms with Gasteiger partial charge in [0.25, 0.3) is 0 Å². The predicted octanol–water partition coefficient (Wildman–Crippen LogP) is 4.56. The van der Waals surface area contributed by atoms with Crippen molar-refractivity contribution in [2.24, 2.45) is 0 Å². The maximum Gasteiger partial charge on any atom is 0.434 e. The Labute approximate surface area is 116 Å². The Morgan fingerprint density at radius 1 is 1.26 bits per heavy atom. The third kappa shape index (κ3) is 4.76. The smallest absolute Gasteiger partial charge is 0.307 e. The van der Waals surface area contributed by atoms with Gasteiger partial charge in [-0.05, 0) is 27.2 Å². The average molecular weight is 294 g/mol. The fourth-order valence-electron chi connectivity index (χ4n) is 1.44. The third-order valence-corrected chi connectivity index (χ3v) is 4.08. The van der Waals surface area contributed by atoms with E-state index in [1.165, 1.54) is 11.3 Å². The molecule has 0 saturated carbocycles. The van der Waals surface area contributed by atoms with Gasteiger partial charge in [0, 0.05) is 18.0 Å². The summed E-state index contributed by atoms with van der Waals surface area (Å²) in [5, 5.41) is 3.66. The van der Waals surface area contributed by atoms with Gasteiger partial charge in [0.15, 0.2) is 5.69 Å². The second kappa shape index (κ2) is 5.79. The molecule has 110 valence electrons. The van der Waals surface area contributed by atoms with Crippen LogP contribution in [0.3, 0.4) is 0 Å². The molecule has 1 aromatic heterocycles. The summed E-state index contributed by atoms with van der Waals surface area (Å²) in [6.45, 7) is 9.84. The molecule has 1 aromatic rings. The van der Waals surface area contributed by atoms with Crippen molar-refractivity contribution in [2.75, 3.05) is 0 Å². The highest BCUT2D eigenvalue weighted by Gasteiger charge is 2.37. The van der Waals surface area contributed by atoms with Crippen molar-refractivity contribution in [1.82, 2.24) is 10.3 Å². The van der Waals surface area contributed by atoms with Crippen LogP contribution in [0, 0.1) is 0 Å². The van der Waals surface area contributed by atoms with Gasteiger partial charge in [-0.25, -0.2) is 4.98 Å². The van der Waals surface area contributed by atoms with E-state index in [0.29, 0.717) is 5.01 Å². The van der Waals surface area contributed by atoms with Crippen molar-refractivity contribution in [1.29, 1.82) is 0 Å². The first-order valence-electron chi connectivity index (χ1n) is 6.36. The summed E-state index contributed by atoms with van der Waals surface area (Å²) in [4.78, 5) is 4.08. The molecule has 0 fully saturated rings. The average Bonchev–Trinajstić information content (AvgIpc) is 2.68. The largest absolute Gasteiger partial charge is 0.434 e. The summed E-state index contributed by atoms with van der Waals surface area (Å²) < 4.78 is 38.9. The molecule has 0 aliphatic carbocycles. The van der Waals surface area contributed by atoms with E-state index in [9.17, 15) is 13.2 Å². The highest BCUT2D eigenvalue weighted by Crippen LogP contribution is 2.37. The Hall–Kier alpha value is -0.620. The fourth-order valence-corrected chi connectivity index (χ4v) is 2.60. The molecule has 0 spiro atoms. The summed E-state index contributed by atoms with van der Waals surface area (Å²) in [5.74, 6) is 0.0643. The summed E-state index contributed by atoms with van der Waals surface area (Å²) in [5.41, 5.74) is -0.951. The van der Waals surface area contributed by atoms with Crippen molar-refractivity contribution in [2.45, 2.75) is 65.2 Å². The van der Waals surface area contributed by atoms with Gasteiger partial charge in [-0.15, -0.1) is 11.3 Å².